The Balaban J connectivity index is 1.56. The van der Waals surface area contributed by atoms with Crippen molar-refractivity contribution in [3.63, 3.8) is 0 Å². The number of hydrogen-bond acceptors (Lipinski definition) is 5. The predicted octanol–water partition coefficient (Wildman–Crippen LogP) is 2.07. The number of aryl methyl sites for hydroxylation is 1. The van der Waals surface area contributed by atoms with Gasteiger partial charge in [-0.2, -0.15) is 0 Å². The number of hydrogen-bond donors (Lipinski definition) is 3. The molecule has 0 spiro atoms. The molecular formula is C15H21N3O2. The van der Waals surface area contributed by atoms with Gasteiger partial charge in [0.25, 0.3) is 0 Å². The summed E-state index contributed by atoms with van der Waals surface area (Å²) >= 11 is 0. The van der Waals surface area contributed by atoms with Gasteiger partial charge in [0.1, 0.15) is 23.9 Å². The van der Waals surface area contributed by atoms with Crippen molar-refractivity contribution in [1.29, 1.82) is 0 Å². The van der Waals surface area contributed by atoms with Crippen molar-refractivity contribution in [2.45, 2.75) is 26.5 Å². The highest BCUT2D eigenvalue weighted by Gasteiger charge is 2.00. The summed E-state index contributed by atoms with van der Waals surface area (Å²) in [5.41, 5.74) is 1.16. The first-order chi connectivity index (χ1) is 9.78. The second-order valence-corrected chi connectivity index (χ2v) is 4.70. The highest BCUT2D eigenvalue weighted by atomic mass is 16.4. The van der Waals surface area contributed by atoms with Crippen LogP contribution in [0.15, 0.2) is 34.9 Å². The maximum absolute atomic E-state index is 8.89. The van der Waals surface area contributed by atoms with Gasteiger partial charge >= 0.3 is 0 Å². The number of nitrogens with zero attached hydrogens (tertiary/aromatic N) is 1. The van der Waals surface area contributed by atoms with Crippen LogP contribution in [0.2, 0.25) is 0 Å². The van der Waals surface area contributed by atoms with Crippen LogP contribution in [-0.2, 0) is 13.2 Å². The van der Waals surface area contributed by atoms with E-state index in [0.29, 0.717) is 12.3 Å². The van der Waals surface area contributed by atoms with E-state index < -0.39 is 0 Å². The van der Waals surface area contributed by atoms with Gasteiger partial charge in [-0.1, -0.05) is 6.07 Å². The predicted molar refractivity (Wildman–Crippen MR) is 78.4 cm³/mol. The Morgan fingerprint density at radius 2 is 2.00 bits per heavy atom. The van der Waals surface area contributed by atoms with Gasteiger partial charge in [0.2, 0.25) is 0 Å². The van der Waals surface area contributed by atoms with E-state index in [4.69, 9.17) is 9.52 Å². The summed E-state index contributed by atoms with van der Waals surface area (Å²) in [4.78, 5) is 4.29. The molecule has 5 heteroatoms. The van der Waals surface area contributed by atoms with Crippen LogP contribution in [0.25, 0.3) is 0 Å². The molecule has 0 saturated heterocycles. The Hall–Kier alpha value is -1.85. The molecule has 0 amide bonds. The Morgan fingerprint density at radius 3 is 2.70 bits per heavy atom. The molecule has 108 valence electrons. The second kappa shape index (κ2) is 7.67. The van der Waals surface area contributed by atoms with E-state index in [1.165, 1.54) is 0 Å². The lowest BCUT2D eigenvalue weighted by molar-refractivity contribution is 0.243. The Morgan fingerprint density at radius 1 is 1.15 bits per heavy atom. The Labute approximate surface area is 119 Å². The van der Waals surface area contributed by atoms with Gasteiger partial charge in [-0.25, -0.2) is 4.98 Å². The molecule has 0 aliphatic carbocycles. The van der Waals surface area contributed by atoms with Crippen molar-refractivity contribution < 1.29 is 9.52 Å². The third kappa shape index (κ3) is 4.68. The number of furan rings is 1. The lowest BCUT2D eigenvalue weighted by Gasteiger charge is -2.06. The van der Waals surface area contributed by atoms with E-state index in [1.54, 1.807) is 6.07 Å². The summed E-state index contributed by atoms with van der Waals surface area (Å²) in [6, 6.07) is 7.71. The molecule has 3 N–H and O–H groups in total. The van der Waals surface area contributed by atoms with Crippen molar-refractivity contribution in [2.75, 3.05) is 18.4 Å². The average Bonchev–Trinajstić information content (AvgIpc) is 2.92. The zero-order valence-corrected chi connectivity index (χ0v) is 11.7. The fraction of sp³-hybridized carbons (Fsp3) is 0.400. The fourth-order valence-electron chi connectivity index (χ4n) is 1.82. The van der Waals surface area contributed by atoms with Crippen molar-refractivity contribution in [3.8, 4) is 0 Å². The molecular weight excluding hydrogens is 254 g/mol. The van der Waals surface area contributed by atoms with Crippen LogP contribution >= 0.6 is 0 Å². The molecule has 0 aliphatic heterocycles. The third-order valence-electron chi connectivity index (χ3n) is 2.92. The lowest BCUT2D eigenvalue weighted by Crippen LogP contribution is -2.17. The number of rotatable bonds is 8. The van der Waals surface area contributed by atoms with Gasteiger partial charge in [0.05, 0.1) is 6.54 Å². The molecule has 0 unspecified atom stereocenters. The van der Waals surface area contributed by atoms with Gasteiger partial charge in [0, 0.05) is 12.7 Å². The highest BCUT2D eigenvalue weighted by Crippen LogP contribution is 2.07. The van der Waals surface area contributed by atoms with E-state index >= 15 is 0 Å². The largest absolute Gasteiger partial charge is 0.462 e. The topological polar surface area (TPSA) is 70.3 Å². The summed E-state index contributed by atoms with van der Waals surface area (Å²) < 4.78 is 5.38. The monoisotopic (exact) mass is 275 g/mol. The first kappa shape index (κ1) is 14.6. The van der Waals surface area contributed by atoms with Crippen LogP contribution in [0.1, 0.15) is 23.5 Å². The molecule has 2 rings (SSSR count). The number of aliphatic hydroxyl groups is 1. The zero-order valence-electron chi connectivity index (χ0n) is 11.7. The molecule has 2 aromatic rings. The smallest absolute Gasteiger partial charge is 0.129 e. The minimum atomic E-state index is -0.0481. The number of pyridine rings is 1. The standard InChI is InChI=1S/C15H21N3O2/c1-12-3-6-15(18-9-12)17-8-2-7-16-10-13-4-5-14(11-19)20-13/h3-6,9,16,19H,2,7-8,10-11H2,1H3,(H,17,18). The van der Waals surface area contributed by atoms with E-state index in [0.717, 1.165) is 36.7 Å². The van der Waals surface area contributed by atoms with Gasteiger partial charge in [-0.3, -0.25) is 0 Å². The molecule has 2 heterocycles. The van der Waals surface area contributed by atoms with E-state index in [1.807, 2.05) is 31.3 Å². The minimum absolute atomic E-state index is 0.0481. The van der Waals surface area contributed by atoms with Crippen molar-refractivity contribution >= 4 is 5.82 Å². The lowest BCUT2D eigenvalue weighted by atomic mass is 10.3. The zero-order chi connectivity index (χ0) is 14.2. The molecule has 0 fully saturated rings. The molecule has 0 atom stereocenters. The first-order valence-electron chi connectivity index (χ1n) is 6.83. The summed E-state index contributed by atoms with van der Waals surface area (Å²) in [6.45, 7) is 4.44. The Bertz CT molecular complexity index is 508. The highest BCUT2D eigenvalue weighted by molar-refractivity contribution is 5.34. The van der Waals surface area contributed by atoms with Crippen LogP contribution in [0.5, 0.6) is 0 Å². The molecule has 2 aromatic heterocycles. The summed E-state index contributed by atoms with van der Waals surface area (Å²) in [6.07, 6.45) is 2.86. The normalized spacial score (nSPS) is 10.7. The maximum atomic E-state index is 8.89. The average molecular weight is 275 g/mol. The molecule has 0 radical (unpaired) electrons. The van der Waals surface area contributed by atoms with E-state index in [2.05, 4.69) is 15.6 Å². The van der Waals surface area contributed by atoms with Gasteiger partial charge in [0.15, 0.2) is 0 Å². The van der Waals surface area contributed by atoms with Crippen molar-refractivity contribution in [1.82, 2.24) is 10.3 Å². The van der Waals surface area contributed by atoms with E-state index in [9.17, 15) is 0 Å². The number of aromatic nitrogens is 1. The van der Waals surface area contributed by atoms with Crippen molar-refractivity contribution in [3.05, 3.63) is 47.5 Å². The van der Waals surface area contributed by atoms with Gasteiger partial charge < -0.3 is 20.2 Å². The molecule has 0 saturated carbocycles. The summed E-state index contributed by atoms with van der Waals surface area (Å²) in [7, 11) is 0. The number of aliphatic hydroxyl groups excluding tert-OH is 1. The van der Waals surface area contributed by atoms with E-state index in [-0.39, 0.29) is 6.61 Å². The van der Waals surface area contributed by atoms with Crippen molar-refractivity contribution in [2.24, 2.45) is 0 Å². The minimum Gasteiger partial charge on any atom is -0.462 e. The van der Waals surface area contributed by atoms with Gasteiger partial charge in [-0.15, -0.1) is 0 Å². The molecule has 20 heavy (non-hydrogen) atoms. The fourth-order valence-corrected chi connectivity index (χ4v) is 1.82. The summed E-state index contributed by atoms with van der Waals surface area (Å²) in [5.74, 6) is 2.37. The molecule has 0 bridgehead atoms. The molecule has 0 aliphatic rings. The number of anilines is 1. The SMILES string of the molecule is Cc1ccc(NCCCNCc2ccc(CO)o2)nc1. The quantitative estimate of drug-likeness (QED) is 0.643. The van der Waals surface area contributed by atoms with Crippen LogP contribution in [0.4, 0.5) is 5.82 Å². The second-order valence-electron chi connectivity index (χ2n) is 4.70. The number of nitrogens with one attached hydrogen (secondary N) is 2. The maximum Gasteiger partial charge on any atom is 0.129 e. The van der Waals surface area contributed by atoms with Crippen LogP contribution < -0.4 is 10.6 Å². The first-order valence-corrected chi connectivity index (χ1v) is 6.83. The van der Waals surface area contributed by atoms with Crippen LogP contribution in [-0.4, -0.2) is 23.2 Å². The van der Waals surface area contributed by atoms with Crippen LogP contribution in [0.3, 0.4) is 0 Å². The van der Waals surface area contributed by atoms with Crippen LogP contribution in [0, 0.1) is 6.92 Å². The Kier molecular flexibility index (Phi) is 5.58. The summed E-state index contributed by atoms with van der Waals surface area (Å²) in [5, 5.41) is 15.5. The molecule has 0 aromatic carbocycles. The third-order valence-corrected chi connectivity index (χ3v) is 2.92. The van der Waals surface area contributed by atoms with Gasteiger partial charge in [-0.05, 0) is 43.7 Å². The molecule has 5 nitrogen and oxygen atoms in total.